The van der Waals surface area contributed by atoms with Gasteiger partial charge in [-0.25, -0.2) is 18.4 Å². The number of carbonyl (C=O) groups excluding carboxylic acids is 1. The molecule has 2 aromatic carbocycles. The summed E-state index contributed by atoms with van der Waals surface area (Å²) in [6.07, 6.45) is 3.17. The third kappa shape index (κ3) is 3.86. The van der Waals surface area contributed by atoms with Crippen LogP contribution in [-0.4, -0.2) is 53.9 Å². The highest BCUT2D eigenvalue weighted by atomic mass is 19.2. The van der Waals surface area contributed by atoms with Crippen LogP contribution in [0.25, 0.3) is 16.7 Å². The average Bonchev–Trinajstić information content (AvgIpc) is 3.28. The molecule has 1 aliphatic rings. The minimum Gasteiger partial charge on any atom is -0.388 e. The van der Waals surface area contributed by atoms with E-state index in [2.05, 4.69) is 10.1 Å². The summed E-state index contributed by atoms with van der Waals surface area (Å²) in [6, 6.07) is 12.8. The van der Waals surface area contributed by atoms with E-state index in [9.17, 15) is 23.5 Å². The molecule has 1 fully saturated rings. The number of likely N-dealkylation sites (tertiary alicyclic amines) is 1. The molecule has 0 bridgehead atoms. The standard InChI is InChI=1S/C24H21F2N5O3/c25-19-8-4-7-17(20(19)26)22(32)29-11-9-24(34,10-12-29)14-30-15-27-21-18(23(30)33)13-28-31(21)16-5-2-1-3-6-16/h1-8,13,15,34H,9-12,14H2. The molecule has 4 aromatic rings. The van der Waals surface area contributed by atoms with Crippen LogP contribution in [0.15, 0.2) is 65.8 Å². The third-order valence-corrected chi connectivity index (χ3v) is 6.18. The summed E-state index contributed by atoms with van der Waals surface area (Å²) in [5.41, 5.74) is -0.747. The number of benzene rings is 2. The number of para-hydroxylation sites is 1. The highest BCUT2D eigenvalue weighted by Gasteiger charge is 2.35. The Labute approximate surface area is 192 Å². The molecule has 0 saturated carbocycles. The fraction of sp³-hybridized carbons (Fsp3) is 0.250. The molecule has 3 heterocycles. The van der Waals surface area contributed by atoms with Gasteiger partial charge in [-0.3, -0.25) is 14.2 Å². The van der Waals surface area contributed by atoms with Gasteiger partial charge in [-0.15, -0.1) is 0 Å². The van der Waals surface area contributed by atoms with Gasteiger partial charge in [0.2, 0.25) is 0 Å². The second-order valence-corrected chi connectivity index (χ2v) is 8.42. The largest absolute Gasteiger partial charge is 0.388 e. The van der Waals surface area contributed by atoms with Gasteiger partial charge in [0.1, 0.15) is 11.7 Å². The van der Waals surface area contributed by atoms with E-state index in [-0.39, 0.29) is 43.6 Å². The van der Waals surface area contributed by atoms with Gasteiger partial charge in [0.25, 0.3) is 11.5 Å². The number of fused-ring (bicyclic) bond motifs is 1. The van der Waals surface area contributed by atoms with E-state index in [0.717, 1.165) is 11.8 Å². The van der Waals surface area contributed by atoms with Crippen LogP contribution in [0.4, 0.5) is 8.78 Å². The predicted octanol–water partition coefficient (Wildman–Crippen LogP) is 2.53. The Morgan fingerprint density at radius 1 is 1.06 bits per heavy atom. The lowest BCUT2D eigenvalue weighted by Crippen LogP contribution is -2.49. The second-order valence-electron chi connectivity index (χ2n) is 8.42. The lowest BCUT2D eigenvalue weighted by atomic mass is 9.91. The summed E-state index contributed by atoms with van der Waals surface area (Å²) in [6.45, 7) is 0.269. The first-order chi connectivity index (χ1) is 16.4. The zero-order valence-electron chi connectivity index (χ0n) is 18.1. The Hall–Kier alpha value is -3.92. The van der Waals surface area contributed by atoms with Crippen molar-refractivity contribution in [3.05, 3.63) is 88.6 Å². The van der Waals surface area contributed by atoms with Gasteiger partial charge < -0.3 is 10.0 Å². The summed E-state index contributed by atoms with van der Waals surface area (Å²) in [5.74, 6) is -2.90. The zero-order valence-corrected chi connectivity index (χ0v) is 18.1. The molecule has 34 heavy (non-hydrogen) atoms. The average molecular weight is 465 g/mol. The highest BCUT2D eigenvalue weighted by molar-refractivity contribution is 5.94. The molecule has 1 amide bonds. The number of hydrogen-bond donors (Lipinski definition) is 1. The van der Waals surface area contributed by atoms with Crippen LogP contribution < -0.4 is 5.56 Å². The molecule has 1 aliphatic heterocycles. The molecular weight excluding hydrogens is 444 g/mol. The van der Waals surface area contributed by atoms with Crippen molar-refractivity contribution in [3.8, 4) is 5.69 Å². The smallest absolute Gasteiger partial charge is 0.264 e. The Bertz CT molecular complexity index is 1430. The lowest BCUT2D eigenvalue weighted by molar-refractivity contribution is -0.0300. The van der Waals surface area contributed by atoms with Crippen LogP contribution in [0.2, 0.25) is 0 Å². The minimum atomic E-state index is -1.26. The van der Waals surface area contributed by atoms with E-state index in [1.54, 1.807) is 4.68 Å². The Kier molecular flexibility index (Phi) is 5.45. The number of carbonyl (C=O) groups is 1. The molecule has 0 radical (unpaired) electrons. The molecular formula is C24H21F2N5O3. The Balaban J connectivity index is 1.33. The zero-order chi connectivity index (χ0) is 23.9. The fourth-order valence-corrected chi connectivity index (χ4v) is 4.26. The molecule has 2 aromatic heterocycles. The van der Waals surface area contributed by atoms with Crippen molar-refractivity contribution in [3.63, 3.8) is 0 Å². The van der Waals surface area contributed by atoms with Gasteiger partial charge in [-0.2, -0.15) is 5.10 Å². The van der Waals surface area contributed by atoms with Crippen molar-refractivity contribution in [2.24, 2.45) is 0 Å². The number of amides is 1. The number of hydrogen-bond acceptors (Lipinski definition) is 5. The van der Waals surface area contributed by atoms with Crippen molar-refractivity contribution < 1.29 is 18.7 Å². The monoisotopic (exact) mass is 465 g/mol. The fourth-order valence-electron chi connectivity index (χ4n) is 4.26. The van der Waals surface area contributed by atoms with E-state index in [1.807, 2.05) is 30.3 Å². The topological polar surface area (TPSA) is 93.2 Å². The Morgan fingerprint density at radius 2 is 1.79 bits per heavy atom. The lowest BCUT2D eigenvalue weighted by Gasteiger charge is -2.38. The molecule has 174 valence electrons. The molecule has 1 N–H and O–H groups in total. The van der Waals surface area contributed by atoms with E-state index in [1.165, 1.54) is 34.1 Å². The minimum absolute atomic E-state index is 0.0123. The molecule has 10 heteroatoms. The quantitative estimate of drug-likeness (QED) is 0.500. The van der Waals surface area contributed by atoms with Crippen LogP contribution in [-0.2, 0) is 6.54 Å². The normalized spacial score (nSPS) is 15.6. The summed E-state index contributed by atoms with van der Waals surface area (Å²) < 4.78 is 30.4. The molecule has 0 spiro atoms. The van der Waals surface area contributed by atoms with Crippen molar-refractivity contribution >= 4 is 16.9 Å². The van der Waals surface area contributed by atoms with E-state index >= 15 is 0 Å². The SMILES string of the molecule is O=C(c1cccc(F)c1F)N1CCC(O)(Cn2cnc3c(cnn3-c3ccccc3)c2=O)CC1. The highest BCUT2D eigenvalue weighted by Crippen LogP contribution is 2.26. The molecule has 1 saturated heterocycles. The number of aliphatic hydroxyl groups is 1. The van der Waals surface area contributed by atoms with E-state index in [0.29, 0.717) is 11.0 Å². The van der Waals surface area contributed by atoms with Gasteiger partial charge in [0, 0.05) is 13.1 Å². The first kappa shape index (κ1) is 21.9. The van der Waals surface area contributed by atoms with Gasteiger partial charge in [0.05, 0.1) is 29.6 Å². The van der Waals surface area contributed by atoms with Gasteiger partial charge in [-0.05, 0) is 37.1 Å². The van der Waals surface area contributed by atoms with Crippen LogP contribution in [0, 0.1) is 11.6 Å². The van der Waals surface area contributed by atoms with Crippen molar-refractivity contribution in [1.82, 2.24) is 24.2 Å². The van der Waals surface area contributed by atoms with Gasteiger partial charge >= 0.3 is 0 Å². The molecule has 0 aliphatic carbocycles. The molecule has 8 nitrogen and oxygen atoms in total. The Morgan fingerprint density at radius 3 is 2.53 bits per heavy atom. The van der Waals surface area contributed by atoms with Crippen LogP contribution >= 0.6 is 0 Å². The number of rotatable bonds is 4. The maximum absolute atomic E-state index is 14.0. The molecule has 5 rings (SSSR count). The summed E-state index contributed by atoms with van der Waals surface area (Å²) in [7, 11) is 0. The van der Waals surface area contributed by atoms with E-state index < -0.39 is 23.1 Å². The van der Waals surface area contributed by atoms with Crippen LogP contribution in [0.1, 0.15) is 23.2 Å². The molecule has 0 atom stereocenters. The van der Waals surface area contributed by atoms with Crippen molar-refractivity contribution in [1.29, 1.82) is 0 Å². The van der Waals surface area contributed by atoms with E-state index in [4.69, 9.17) is 0 Å². The first-order valence-electron chi connectivity index (χ1n) is 10.8. The predicted molar refractivity (Wildman–Crippen MR) is 120 cm³/mol. The maximum atomic E-state index is 14.0. The summed E-state index contributed by atoms with van der Waals surface area (Å²) in [4.78, 5) is 31.4. The van der Waals surface area contributed by atoms with Crippen molar-refractivity contribution in [2.75, 3.05) is 13.1 Å². The maximum Gasteiger partial charge on any atom is 0.264 e. The van der Waals surface area contributed by atoms with Gasteiger partial charge in [0.15, 0.2) is 17.3 Å². The number of halogens is 2. The van der Waals surface area contributed by atoms with Crippen molar-refractivity contribution in [2.45, 2.75) is 25.0 Å². The third-order valence-electron chi connectivity index (χ3n) is 6.18. The molecule has 0 unspecified atom stereocenters. The van der Waals surface area contributed by atoms with Gasteiger partial charge in [-0.1, -0.05) is 24.3 Å². The first-order valence-corrected chi connectivity index (χ1v) is 10.8. The second kappa shape index (κ2) is 8.45. The number of aromatic nitrogens is 4. The summed E-state index contributed by atoms with van der Waals surface area (Å²) in [5, 5.41) is 15.7. The number of piperidine rings is 1. The van der Waals surface area contributed by atoms with Crippen LogP contribution in [0.5, 0.6) is 0 Å². The number of nitrogens with zero attached hydrogens (tertiary/aromatic N) is 5. The summed E-state index contributed by atoms with van der Waals surface area (Å²) >= 11 is 0. The van der Waals surface area contributed by atoms with Crippen LogP contribution in [0.3, 0.4) is 0 Å².